The Bertz CT molecular complexity index is 658. The molecule has 0 aliphatic rings. The maximum absolute atomic E-state index is 11.8. The lowest BCUT2D eigenvalue weighted by atomic mass is 10.2. The van der Waals surface area contributed by atoms with Crippen molar-refractivity contribution in [3.63, 3.8) is 0 Å². The molecule has 0 spiro atoms. The number of H-pyrrole nitrogens is 1. The summed E-state index contributed by atoms with van der Waals surface area (Å²) in [5, 5.41) is 12.7. The van der Waals surface area contributed by atoms with Crippen LogP contribution < -0.4 is 16.6 Å². The van der Waals surface area contributed by atoms with E-state index in [-0.39, 0.29) is 11.9 Å². The van der Waals surface area contributed by atoms with Gasteiger partial charge in [-0.2, -0.15) is 0 Å². The molecule has 0 amide bonds. The molecule has 1 unspecified atom stereocenters. The van der Waals surface area contributed by atoms with E-state index in [0.717, 1.165) is 4.57 Å². The van der Waals surface area contributed by atoms with Crippen LogP contribution in [0.1, 0.15) is 31.7 Å². The van der Waals surface area contributed by atoms with Crippen LogP contribution in [-0.4, -0.2) is 14.7 Å². The quantitative estimate of drug-likeness (QED) is 0.732. The fourth-order valence-corrected chi connectivity index (χ4v) is 1.94. The van der Waals surface area contributed by atoms with Crippen LogP contribution in [0.3, 0.4) is 0 Å². The molecule has 0 aliphatic heterocycles. The molecule has 1 aromatic heterocycles. The maximum atomic E-state index is 11.8. The first-order chi connectivity index (χ1) is 9.49. The first-order valence-corrected chi connectivity index (χ1v) is 6.34. The van der Waals surface area contributed by atoms with Gasteiger partial charge in [0.2, 0.25) is 0 Å². The Morgan fingerprint density at radius 1 is 1.20 bits per heavy atom. The van der Waals surface area contributed by atoms with Crippen molar-refractivity contribution in [2.45, 2.75) is 26.1 Å². The fourth-order valence-electron chi connectivity index (χ4n) is 1.94. The first-order valence-electron chi connectivity index (χ1n) is 6.34. The Balaban J connectivity index is 2.28. The van der Waals surface area contributed by atoms with Gasteiger partial charge < -0.3 is 10.4 Å². The minimum absolute atomic E-state index is 0.188. The lowest BCUT2D eigenvalue weighted by Crippen LogP contribution is -2.36. The summed E-state index contributed by atoms with van der Waals surface area (Å²) in [6.45, 7) is 3.51. The molecule has 0 fully saturated rings. The molecule has 20 heavy (non-hydrogen) atoms. The third kappa shape index (κ3) is 2.97. The lowest BCUT2D eigenvalue weighted by Gasteiger charge is -2.15. The molecule has 3 N–H and O–H groups in total. The summed E-state index contributed by atoms with van der Waals surface area (Å²) < 4.78 is 1.11. The number of hydrogen-bond donors (Lipinski definition) is 3. The van der Waals surface area contributed by atoms with Crippen molar-refractivity contribution >= 4 is 5.82 Å². The molecule has 0 saturated carbocycles. The average molecular weight is 275 g/mol. The number of hydrogen-bond acceptors (Lipinski definition) is 4. The number of nitrogens with one attached hydrogen (secondary N) is 2. The maximum Gasteiger partial charge on any atom is 0.330 e. The highest BCUT2D eigenvalue weighted by Gasteiger charge is 2.11. The zero-order valence-corrected chi connectivity index (χ0v) is 11.3. The predicted octanol–water partition coefficient (Wildman–Crippen LogP) is 1.22. The van der Waals surface area contributed by atoms with Gasteiger partial charge in [0.15, 0.2) is 6.23 Å². The van der Waals surface area contributed by atoms with Crippen molar-refractivity contribution < 1.29 is 5.11 Å². The van der Waals surface area contributed by atoms with E-state index < -0.39 is 17.5 Å². The molecular formula is C14H17N3O3. The van der Waals surface area contributed by atoms with Gasteiger partial charge in [0.25, 0.3) is 5.56 Å². The Kier molecular flexibility index (Phi) is 4.05. The van der Waals surface area contributed by atoms with E-state index >= 15 is 0 Å². The lowest BCUT2D eigenvalue weighted by molar-refractivity contribution is 0.207. The van der Waals surface area contributed by atoms with Gasteiger partial charge in [0, 0.05) is 17.7 Å². The molecule has 106 valence electrons. The molecule has 6 nitrogen and oxygen atoms in total. The standard InChI is InChI=1S/C14H17N3O3/c1-9(2)17-12(18)8-11(16-14(17)20)15-13(19)10-6-4-3-5-7-10/h3-9,13,15,19H,1-2H3,(H,16,20). The van der Waals surface area contributed by atoms with Crippen LogP contribution in [-0.2, 0) is 0 Å². The van der Waals surface area contributed by atoms with Crippen LogP contribution in [0.5, 0.6) is 0 Å². The molecule has 1 atom stereocenters. The van der Waals surface area contributed by atoms with Crippen molar-refractivity contribution in [2.75, 3.05) is 5.32 Å². The Morgan fingerprint density at radius 3 is 2.40 bits per heavy atom. The van der Waals surface area contributed by atoms with Crippen molar-refractivity contribution in [2.24, 2.45) is 0 Å². The van der Waals surface area contributed by atoms with Crippen molar-refractivity contribution in [1.82, 2.24) is 9.55 Å². The van der Waals surface area contributed by atoms with Crippen LogP contribution in [0, 0.1) is 0 Å². The Labute approximate surface area is 115 Å². The van der Waals surface area contributed by atoms with Crippen LogP contribution in [0.2, 0.25) is 0 Å². The Hall–Kier alpha value is -2.34. The molecular weight excluding hydrogens is 258 g/mol. The summed E-state index contributed by atoms with van der Waals surface area (Å²) in [5.74, 6) is 0.188. The monoisotopic (exact) mass is 275 g/mol. The summed E-state index contributed by atoms with van der Waals surface area (Å²) in [7, 11) is 0. The SMILES string of the molecule is CC(C)n1c(=O)cc(NC(O)c2ccccc2)[nH]c1=O. The predicted molar refractivity (Wildman–Crippen MR) is 76.7 cm³/mol. The zero-order valence-electron chi connectivity index (χ0n) is 11.3. The Morgan fingerprint density at radius 2 is 1.85 bits per heavy atom. The third-order valence-corrected chi connectivity index (χ3v) is 2.89. The number of aliphatic hydroxyl groups is 1. The van der Waals surface area contributed by atoms with Gasteiger partial charge >= 0.3 is 5.69 Å². The number of aromatic nitrogens is 2. The second-order valence-electron chi connectivity index (χ2n) is 4.75. The van der Waals surface area contributed by atoms with Crippen molar-refractivity contribution in [1.29, 1.82) is 0 Å². The van der Waals surface area contributed by atoms with Crippen molar-refractivity contribution in [3.8, 4) is 0 Å². The van der Waals surface area contributed by atoms with E-state index in [4.69, 9.17) is 0 Å². The highest BCUT2D eigenvalue weighted by Crippen LogP contribution is 2.13. The van der Waals surface area contributed by atoms with Gasteiger partial charge in [0.1, 0.15) is 5.82 Å². The molecule has 1 heterocycles. The highest BCUT2D eigenvalue weighted by atomic mass is 16.3. The molecule has 0 bridgehead atoms. The molecule has 0 radical (unpaired) electrons. The third-order valence-electron chi connectivity index (χ3n) is 2.89. The van der Waals surface area contributed by atoms with Gasteiger partial charge in [-0.05, 0) is 13.8 Å². The molecule has 2 rings (SSSR count). The van der Waals surface area contributed by atoms with Gasteiger partial charge in [-0.15, -0.1) is 0 Å². The van der Waals surface area contributed by atoms with E-state index in [1.165, 1.54) is 6.07 Å². The summed E-state index contributed by atoms with van der Waals surface area (Å²) in [6.07, 6.45) is -0.999. The highest BCUT2D eigenvalue weighted by molar-refractivity contribution is 5.35. The van der Waals surface area contributed by atoms with Gasteiger partial charge in [-0.1, -0.05) is 30.3 Å². The van der Waals surface area contributed by atoms with Gasteiger partial charge in [-0.25, -0.2) is 4.79 Å². The summed E-state index contributed by atoms with van der Waals surface area (Å²) >= 11 is 0. The summed E-state index contributed by atoms with van der Waals surface area (Å²) in [5.41, 5.74) is -0.275. The second kappa shape index (κ2) is 5.75. The number of rotatable bonds is 4. The number of aromatic amines is 1. The van der Waals surface area contributed by atoms with E-state index in [1.54, 1.807) is 38.1 Å². The fraction of sp³-hybridized carbons (Fsp3) is 0.286. The number of benzene rings is 1. The van der Waals surface area contributed by atoms with Gasteiger partial charge in [0.05, 0.1) is 0 Å². The van der Waals surface area contributed by atoms with E-state index in [9.17, 15) is 14.7 Å². The summed E-state index contributed by atoms with van der Waals surface area (Å²) in [6, 6.07) is 9.94. The number of anilines is 1. The minimum Gasteiger partial charge on any atom is -0.369 e. The summed E-state index contributed by atoms with van der Waals surface area (Å²) in [4.78, 5) is 26.2. The van der Waals surface area contributed by atoms with Crippen LogP contribution >= 0.6 is 0 Å². The van der Waals surface area contributed by atoms with Crippen LogP contribution in [0.4, 0.5) is 5.82 Å². The normalized spacial score (nSPS) is 12.4. The second-order valence-corrected chi connectivity index (χ2v) is 4.75. The van der Waals surface area contributed by atoms with Crippen molar-refractivity contribution in [3.05, 3.63) is 62.8 Å². The average Bonchev–Trinajstić information content (AvgIpc) is 2.38. The van der Waals surface area contributed by atoms with Gasteiger partial charge in [-0.3, -0.25) is 14.3 Å². The molecule has 6 heteroatoms. The topological polar surface area (TPSA) is 87.1 Å². The number of aliphatic hydroxyl groups excluding tert-OH is 1. The van der Waals surface area contributed by atoms with E-state index in [0.29, 0.717) is 5.56 Å². The zero-order chi connectivity index (χ0) is 14.7. The molecule has 0 saturated heterocycles. The molecule has 1 aromatic carbocycles. The van der Waals surface area contributed by atoms with Crippen LogP contribution in [0.25, 0.3) is 0 Å². The first kappa shape index (κ1) is 14.1. The molecule has 0 aliphatic carbocycles. The van der Waals surface area contributed by atoms with Crippen LogP contribution in [0.15, 0.2) is 46.0 Å². The number of nitrogens with zero attached hydrogens (tertiary/aromatic N) is 1. The smallest absolute Gasteiger partial charge is 0.330 e. The minimum atomic E-state index is -0.999. The molecule has 2 aromatic rings. The van der Waals surface area contributed by atoms with E-state index in [1.807, 2.05) is 6.07 Å². The van der Waals surface area contributed by atoms with E-state index in [2.05, 4.69) is 10.3 Å². The largest absolute Gasteiger partial charge is 0.369 e.